The molecular formula is C19H22N2O. The van der Waals surface area contributed by atoms with Crippen LogP contribution in [0.1, 0.15) is 34.3 Å². The van der Waals surface area contributed by atoms with Crippen molar-refractivity contribution in [3.05, 3.63) is 59.2 Å². The summed E-state index contributed by atoms with van der Waals surface area (Å²) in [6.07, 6.45) is 2.47. The normalized spacial score (nSPS) is 14.2. The molecule has 3 heteroatoms. The summed E-state index contributed by atoms with van der Waals surface area (Å²) in [5, 5.41) is 3.00. The molecule has 22 heavy (non-hydrogen) atoms. The molecule has 1 N–H and O–H groups in total. The third-order valence-electron chi connectivity index (χ3n) is 4.06. The van der Waals surface area contributed by atoms with Crippen molar-refractivity contribution in [1.29, 1.82) is 0 Å². The van der Waals surface area contributed by atoms with E-state index in [-0.39, 0.29) is 5.91 Å². The molecule has 0 radical (unpaired) electrons. The van der Waals surface area contributed by atoms with Gasteiger partial charge in [0.05, 0.1) is 0 Å². The third kappa shape index (κ3) is 3.30. The van der Waals surface area contributed by atoms with Gasteiger partial charge in [-0.3, -0.25) is 4.79 Å². The van der Waals surface area contributed by atoms with Crippen LogP contribution in [-0.2, 0) is 0 Å². The molecule has 2 aromatic rings. The smallest absolute Gasteiger partial charge is 0.255 e. The van der Waals surface area contributed by atoms with Gasteiger partial charge in [-0.25, -0.2) is 0 Å². The Morgan fingerprint density at radius 1 is 1.00 bits per heavy atom. The van der Waals surface area contributed by atoms with Gasteiger partial charge in [-0.1, -0.05) is 12.1 Å². The number of benzene rings is 2. The highest BCUT2D eigenvalue weighted by atomic mass is 16.1. The molecule has 0 aromatic heterocycles. The van der Waals surface area contributed by atoms with Crippen molar-refractivity contribution in [3.63, 3.8) is 0 Å². The number of aryl methyl sites for hydroxylation is 2. The van der Waals surface area contributed by atoms with Crippen molar-refractivity contribution in [1.82, 2.24) is 0 Å². The summed E-state index contributed by atoms with van der Waals surface area (Å²) < 4.78 is 0. The van der Waals surface area contributed by atoms with Crippen LogP contribution in [0.25, 0.3) is 0 Å². The Kier molecular flexibility index (Phi) is 4.14. The van der Waals surface area contributed by atoms with Crippen molar-refractivity contribution in [2.24, 2.45) is 0 Å². The Morgan fingerprint density at radius 2 is 1.68 bits per heavy atom. The van der Waals surface area contributed by atoms with Gasteiger partial charge in [-0.05, 0) is 68.1 Å². The fourth-order valence-electron chi connectivity index (χ4n) is 3.07. The van der Waals surface area contributed by atoms with Crippen LogP contribution in [0, 0.1) is 13.8 Å². The van der Waals surface area contributed by atoms with Crippen molar-refractivity contribution in [2.45, 2.75) is 26.7 Å². The molecular weight excluding hydrogens is 272 g/mol. The fourth-order valence-corrected chi connectivity index (χ4v) is 3.07. The van der Waals surface area contributed by atoms with Crippen molar-refractivity contribution in [2.75, 3.05) is 23.3 Å². The highest BCUT2D eigenvalue weighted by molar-refractivity contribution is 6.04. The lowest BCUT2D eigenvalue weighted by atomic mass is 10.1. The third-order valence-corrected chi connectivity index (χ3v) is 4.06. The van der Waals surface area contributed by atoms with Crippen LogP contribution in [0.15, 0.2) is 42.5 Å². The Balaban J connectivity index is 1.78. The van der Waals surface area contributed by atoms with Crippen LogP contribution in [0.3, 0.4) is 0 Å². The summed E-state index contributed by atoms with van der Waals surface area (Å²) in [5.41, 5.74) is 5.02. The first-order chi connectivity index (χ1) is 10.6. The number of carbonyl (C=O) groups excluding carboxylic acids is 1. The molecule has 0 saturated carbocycles. The minimum absolute atomic E-state index is 0.0500. The van der Waals surface area contributed by atoms with Gasteiger partial charge in [0.1, 0.15) is 0 Å². The number of amides is 1. The Morgan fingerprint density at radius 3 is 2.36 bits per heavy atom. The number of hydrogen-bond acceptors (Lipinski definition) is 2. The molecule has 3 nitrogen and oxygen atoms in total. The first-order valence-corrected chi connectivity index (χ1v) is 7.86. The summed E-state index contributed by atoms with van der Waals surface area (Å²) in [5.74, 6) is -0.0500. The maximum absolute atomic E-state index is 12.5. The number of anilines is 2. The van der Waals surface area contributed by atoms with Gasteiger partial charge in [0.2, 0.25) is 0 Å². The lowest BCUT2D eigenvalue weighted by Gasteiger charge is -2.18. The Labute approximate surface area is 132 Å². The summed E-state index contributed by atoms with van der Waals surface area (Å²) >= 11 is 0. The van der Waals surface area contributed by atoms with Crippen molar-refractivity contribution >= 4 is 17.3 Å². The molecule has 1 amide bonds. The SMILES string of the molecule is Cc1cc(C)cc(NC(=O)c2cccc(N3CCCC3)c2)c1. The summed E-state index contributed by atoms with van der Waals surface area (Å²) in [7, 11) is 0. The van der Waals surface area contributed by atoms with E-state index in [2.05, 4.69) is 22.3 Å². The van der Waals surface area contributed by atoms with Crippen molar-refractivity contribution in [3.8, 4) is 0 Å². The number of carbonyl (C=O) groups is 1. The van der Waals surface area contributed by atoms with Crippen LogP contribution in [0.5, 0.6) is 0 Å². The zero-order valence-corrected chi connectivity index (χ0v) is 13.2. The van der Waals surface area contributed by atoms with E-state index >= 15 is 0 Å². The van der Waals surface area contributed by atoms with E-state index in [1.165, 1.54) is 12.8 Å². The van der Waals surface area contributed by atoms with E-state index in [0.29, 0.717) is 5.56 Å². The molecule has 1 fully saturated rings. The molecule has 3 rings (SSSR count). The number of nitrogens with one attached hydrogen (secondary N) is 1. The highest BCUT2D eigenvalue weighted by Crippen LogP contribution is 2.22. The maximum atomic E-state index is 12.5. The van der Waals surface area contributed by atoms with Crippen LogP contribution >= 0.6 is 0 Å². The zero-order chi connectivity index (χ0) is 15.5. The molecule has 1 aliphatic heterocycles. The lowest BCUT2D eigenvalue weighted by molar-refractivity contribution is 0.102. The maximum Gasteiger partial charge on any atom is 0.255 e. The predicted octanol–water partition coefficient (Wildman–Crippen LogP) is 4.16. The molecule has 0 bridgehead atoms. The summed E-state index contributed by atoms with van der Waals surface area (Å²) in [6, 6.07) is 14.0. The average Bonchev–Trinajstić information content (AvgIpc) is 3.00. The van der Waals surface area contributed by atoms with Crippen LogP contribution in [0.4, 0.5) is 11.4 Å². The Bertz CT molecular complexity index is 667. The van der Waals surface area contributed by atoms with Gasteiger partial charge in [0.15, 0.2) is 0 Å². The molecule has 0 spiro atoms. The number of rotatable bonds is 3. The average molecular weight is 294 g/mol. The van der Waals surface area contributed by atoms with E-state index in [0.717, 1.165) is 35.6 Å². The van der Waals surface area contributed by atoms with E-state index in [1.54, 1.807) is 0 Å². The summed E-state index contributed by atoms with van der Waals surface area (Å²) in [6.45, 7) is 6.25. The van der Waals surface area contributed by atoms with Crippen LogP contribution in [0.2, 0.25) is 0 Å². The highest BCUT2D eigenvalue weighted by Gasteiger charge is 2.14. The molecule has 1 heterocycles. The second-order valence-electron chi connectivity index (χ2n) is 6.07. The van der Waals surface area contributed by atoms with Gasteiger partial charge in [-0.15, -0.1) is 0 Å². The quantitative estimate of drug-likeness (QED) is 0.922. The second kappa shape index (κ2) is 6.22. The second-order valence-corrected chi connectivity index (χ2v) is 6.07. The molecule has 1 saturated heterocycles. The van der Waals surface area contributed by atoms with E-state index in [1.807, 2.05) is 44.2 Å². The minimum Gasteiger partial charge on any atom is -0.372 e. The van der Waals surface area contributed by atoms with E-state index in [9.17, 15) is 4.79 Å². The standard InChI is InChI=1S/C19H22N2O/c1-14-10-15(2)12-17(11-14)20-19(22)16-6-5-7-18(13-16)21-8-3-4-9-21/h5-7,10-13H,3-4,8-9H2,1-2H3,(H,20,22). The van der Waals surface area contributed by atoms with E-state index in [4.69, 9.17) is 0 Å². The van der Waals surface area contributed by atoms with Gasteiger partial charge < -0.3 is 10.2 Å². The molecule has 0 atom stereocenters. The van der Waals surface area contributed by atoms with Gasteiger partial charge in [0.25, 0.3) is 5.91 Å². The van der Waals surface area contributed by atoms with Crippen molar-refractivity contribution < 1.29 is 4.79 Å². The fraction of sp³-hybridized carbons (Fsp3) is 0.316. The minimum atomic E-state index is -0.0500. The molecule has 0 unspecified atom stereocenters. The molecule has 2 aromatic carbocycles. The summed E-state index contributed by atoms with van der Waals surface area (Å²) in [4.78, 5) is 14.8. The number of hydrogen-bond donors (Lipinski definition) is 1. The van der Waals surface area contributed by atoms with Gasteiger partial charge in [-0.2, -0.15) is 0 Å². The molecule has 1 aliphatic rings. The first-order valence-electron chi connectivity index (χ1n) is 7.86. The first kappa shape index (κ1) is 14.6. The van der Waals surface area contributed by atoms with E-state index < -0.39 is 0 Å². The zero-order valence-electron chi connectivity index (χ0n) is 13.2. The Hall–Kier alpha value is -2.29. The predicted molar refractivity (Wildman–Crippen MR) is 91.8 cm³/mol. The molecule has 114 valence electrons. The monoisotopic (exact) mass is 294 g/mol. The lowest BCUT2D eigenvalue weighted by Crippen LogP contribution is -2.19. The molecule has 0 aliphatic carbocycles. The van der Waals surface area contributed by atoms with Gasteiger partial charge >= 0.3 is 0 Å². The largest absolute Gasteiger partial charge is 0.372 e. The van der Waals surface area contributed by atoms with Gasteiger partial charge in [0, 0.05) is 30.0 Å². The van der Waals surface area contributed by atoms with Crippen LogP contribution in [-0.4, -0.2) is 19.0 Å². The number of nitrogens with zero attached hydrogens (tertiary/aromatic N) is 1. The topological polar surface area (TPSA) is 32.3 Å². The van der Waals surface area contributed by atoms with Crippen LogP contribution < -0.4 is 10.2 Å².